The normalized spacial score (nSPS) is 44.5. The van der Waals surface area contributed by atoms with E-state index in [4.69, 9.17) is 56.2 Å². The van der Waals surface area contributed by atoms with E-state index in [0.717, 1.165) is 0 Å². The maximum Gasteiger partial charge on any atom is 0.170 e. The van der Waals surface area contributed by atoms with Gasteiger partial charge in [-0.3, -0.25) is 0 Å². The highest BCUT2D eigenvalue weighted by Gasteiger charge is 2.53. The number of aldehydes is 4. The number of ether oxygens (including phenoxy) is 7. The molecule has 42 heavy (non-hydrogen) atoms. The molecule has 0 aromatic carbocycles. The van der Waals surface area contributed by atoms with Gasteiger partial charge in [0.1, 0.15) is 61.8 Å². The Morgan fingerprint density at radius 2 is 1.26 bits per heavy atom. The Morgan fingerprint density at radius 1 is 0.738 bits per heavy atom. The van der Waals surface area contributed by atoms with Gasteiger partial charge in [-0.1, -0.05) is 5.22 Å². The Balaban J connectivity index is 1.90. The average Bonchev–Trinajstić information content (AvgIpc) is 2.99. The summed E-state index contributed by atoms with van der Waals surface area (Å²) in [5, 5.41) is 7.13. The van der Waals surface area contributed by atoms with E-state index in [1.54, 1.807) is 0 Å². The molecular weight excluding hydrogens is 560 g/mol. The second kappa shape index (κ2) is 15.9. The maximum absolute atomic E-state index is 12.2. The van der Waals surface area contributed by atoms with Crippen molar-refractivity contribution in [2.45, 2.75) is 86.3 Å². The molecule has 0 radical (unpaired) electrons. The summed E-state index contributed by atoms with van der Waals surface area (Å²) >= 11 is 0. The number of nitrogens with zero attached hydrogens (tertiary/aromatic N) is 2. The number of hydrogen-bond donors (Lipinski definition) is 4. The second-order valence-corrected chi connectivity index (χ2v) is 10.5. The first-order chi connectivity index (χ1) is 20.3. The predicted molar refractivity (Wildman–Crippen MR) is 141 cm³/mol. The fourth-order valence-corrected chi connectivity index (χ4v) is 6.11. The molecule has 3 rings (SSSR count). The number of nitrogens with two attached hydrogens (primary N) is 4. The summed E-state index contributed by atoms with van der Waals surface area (Å²) in [6, 6.07) is -2.46. The third kappa shape index (κ3) is 6.91. The zero-order chi connectivity index (χ0) is 31.0. The van der Waals surface area contributed by atoms with Crippen LogP contribution in [0.2, 0.25) is 0 Å². The molecule has 2 aliphatic heterocycles. The van der Waals surface area contributed by atoms with Gasteiger partial charge in [0, 0.05) is 46.4 Å². The zero-order valence-electron chi connectivity index (χ0n) is 23.8. The van der Waals surface area contributed by atoms with E-state index in [1.807, 2.05) is 0 Å². The van der Waals surface area contributed by atoms with Gasteiger partial charge in [-0.25, -0.2) is 0 Å². The van der Waals surface area contributed by atoms with Crippen molar-refractivity contribution in [1.82, 2.24) is 0 Å². The molecule has 0 spiro atoms. The fraction of sp³-hybridized carbons (Fsp3) is 0.840. The van der Waals surface area contributed by atoms with E-state index in [2.05, 4.69) is 10.3 Å². The summed E-state index contributed by atoms with van der Waals surface area (Å²) in [7, 11) is 4.29. The molecule has 0 bridgehead atoms. The molecular formula is C25H42N6O11. The maximum atomic E-state index is 12.2. The number of methoxy groups -OCH3 is 3. The van der Waals surface area contributed by atoms with Crippen LogP contribution >= 0.6 is 0 Å². The van der Waals surface area contributed by atoms with Gasteiger partial charge in [0.2, 0.25) is 0 Å². The van der Waals surface area contributed by atoms with Gasteiger partial charge >= 0.3 is 0 Å². The van der Waals surface area contributed by atoms with E-state index < -0.39 is 91.2 Å². The number of hydrogen-bond acceptors (Lipinski definition) is 16. The Morgan fingerprint density at radius 3 is 1.71 bits per heavy atom. The van der Waals surface area contributed by atoms with Crippen LogP contribution in [0.3, 0.4) is 0 Å². The first-order valence-corrected chi connectivity index (χ1v) is 13.6. The highest BCUT2D eigenvalue weighted by Crippen LogP contribution is 2.37. The summed E-state index contributed by atoms with van der Waals surface area (Å²) in [4.78, 5) is 47.6. The van der Waals surface area contributed by atoms with Gasteiger partial charge < -0.3 is 75.4 Å². The summed E-state index contributed by atoms with van der Waals surface area (Å²) in [6.07, 6.45) is -5.98. The van der Waals surface area contributed by atoms with Crippen LogP contribution in [0.5, 0.6) is 0 Å². The molecule has 2 saturated heterocycles. The molecule has 1 saturated carbocycles. The smallest absolute Gasteiger partial charge is 0.170 e. The largest absolute Gasteiger partial charge is 0.378 e. The molecule has 3 fully saturated rings. The van der Waals surface area contributed by atoms with Crippen molar-refractivity contribution in [2.24, 2.45) is 51.1 Å². The van der Waals surface area contributed by atoms with Crippen molar-refractivity contribution in [3.05, 3.63) is 0 Å². The Hall–Kier alpha value is -2.32. The molecule has 6 unspecified atom stereocenters. The molecule has 0 amide bonds. The zero-order valence-corrected chi connectivity index (χ0v) is 23.8. The van der Waals surface area contributed by atoms with Crippen molar-refractivity contribution >= 4 is 25.1 Å². The van der Waals surface area contributed by atoms with Crippen LogP contribution < -0.4 is 23.0 Å². The SMILES string of the molecule is COC1C(O[C@H]2O[C@H](CN)[C@@H](OC)C(OC)C2C=O)[C@@H](N)C[C@@H](N)[C@@H]1O[C@H]1OC(CC=O)[C@@H](C=O)C(N=NN)[C@@H]1C=O. The Kier molecular flexibility index (Phi) is 13.0. The molecule has 2 heterocycles. The van der Waals surface area contributed by atoms with Gasteiger partial charge in [-0.05, 0) is 6.42 Å². The number of rotatable bonds is 14. The highest BCUT2D eigenvalue weighted by molar-refractivity contribution is 5.63. The van der Waals surface area contributed by atoms with Crippen LogP contribution in [-0.4, -0.2) is 126 Å². The van der Waals surface area contributed by atoms with Crippen LogP contribution in [0.15, 0.2) is 10.3 Å². The quantitative estimate of drug-likeness (QED) is 0.0668. The first-order valence-electron chi connectivity index (χ1n) is 13.6. The third-order valence-electron chi connectivity index (χ3n) is 8.20. The fourth-order valence-electron chi connectivity index (χ4n) is 6.11. The molecule has 3 aliphatic rings. The third-order valence-corrected chi connectivity index (χ3v) is 8.20. The van der Waals surface area contributed by atoms with Crippen LogP contribution in [-0.2, 0) is 52.3 Å². The van der Waals surface area contributed by atoms with E-state index in [0.29, 0.717) is 25.1 Å². The predicted octanol–water partition coefficient (Wildman–Crippen LogP) is -3.00. The molecule has 8 N–H and O–H groups in total. The topological polar surface area (TPSA) is 262 Å². The van der Waals surface area contributed by atoms with Gasteiger partial charge in [0.05, 0.1) is 29.9 Å². The first kappa shape index (κ1) is 34.2. The van der Waals surface area contributed by atoms with Crippen molar-refractivity contribution in [3.63, 3.8) is 0 Å². The van der Waals surface area contributed by atoms with Gasteiger partial charge in [0.25, 0.3) is 0 Å². The Bertz CT molecular complexity index is 933. The van der Waals surface area contributed by atoms with Crippen molar-refractivity contribution in [1.29, 1.82) is 0 Å². The number of carbonyl (C=O) groups is 4. The van der Waals surface area contributed by atoms with E-state index >= 15 is 0 Å². The lowest BCUT2D eigenvalue weighted by Gasteiger charge is -2.49. The summed E-state index contributed by atoms with van der Waals surface area (Å²) < 4.78 is 41.3. The Labute approximate surface area is 243 Å². The molecule has 238 valence electrons. The molecule has 15 atom stereocenters. The van der Waals surface area contributed by atoms with Crippen molar-refractivity contribution in [2.75, 3.05) is 27.9 Å². The van der Waals surface area contributed by atoms with Gasteiger partial charge in [-0.2, -0.15) is 5.11 Å². The molecule has 0 aromatic heterocycles. The lowest BCUT2D eigenvalue weighted by Crippen LogP contribution is -2.67. The highest BCUT2D eigenvalue weighted by atomic mass is 16.7. The van der Waals surface area contributed by atoms with Crippen molar-refractivity contribution in [3.8, 4) is 0 Å². The van der Waals surface area contributed by atoms with Crippen LogP contribution in [0.1, 0.15) is 12.8 Å². The molecule has 1 aliphatic carbocycles. The lowest BCUT2D eigenvalue weighted by molar-refractivity contribution is -0.315. The monoisotopic (exact) mass is 602 g/mol. The second-order valence-electron chi connectivity index (χ2n) is 10.5. The number of carbonyl (C=O) groups excluding carboxylic acids is 4. The molecule has 17 nitrogen and oxygen atoms in total. The van der Waals surface area contributed by atoms with Crippen LogP contribution in [0.4, 0.5) is 0 Å². The van der Waals surface area contributed by atoms with E-state index in [9.17, 15) is 19.2 Å². The molecule has 17 heteroatoms. The van der Waals surface area contributed by atoms with Crippen LogP contribution in [0.25, 0.3) is 0 Å². The minimum atomic E-state index is -1.31. The summed E-state index contributed by atoms with van der Waals surface area (Å²) in [6.45, 7) is 0.0575. The minimum absolute atomic E-state index is 0.0575. The van der Waals surface area contributed by atoms with Gasteiger partial charge in [-0.15, -0.1) is 0 Å². The standard InChI is InChI=1S/C25H42N6O11/c1-36-19-13(10-35)25(40-17(7-26)22(19)37-2)42-21-15(28)6-14(27)20(23(21)38-3)41-24-12(9-34)18(30-31-29)11(8-33)16(39-24)4-5-32/h5,8-25H,4,6-7,26-28H2,1-3H3,(H2,29,30)/t11-,12+,13?,14-,15+,16?,17-,18?,19?,20+,21?,22-,23?,24-,25-/m1/s1. The minimum Gasteiger partial charge on any atom is -0.378 e. The van der Waals surface area contributed by atoms with E-state index in [1.165, 1.54) is 21.3 Å². The van der Waals surface area contributed by atoms with Crippen molar-refractivity contribution < 1.29 is 52.3 Å². The summed E-state index contributed by atoms with van der Waals surface area (Å²) in [5.41, 5.74) is 18.8. The van der Waals surface area contributed by atoms with Gasteiger partial charge in [0.15, 0.2) is 12.6 Å². The lowest BCUT2D eigenvalue weighted by atomic mass is 9.81. The van der Waals surface area contributed by atoms with E-state index in [-0.39, 0.29) is 19.4 Å². The van der Waals surface area contributed by atoms with Crippen LogP contribution in [0, 0.1) is 17.8 Å². The molecule has 0 aromatic rings. The summed E-state index contributed by atoms with van der Waals surface area (Å²) in [5.74, 6) is 2.23. The average molecular weight is 603 g/mol.